The number of nitrogens with zero attached hydrogens (tertiary/aromatic N) is 3. The van der Waals surface area contributed by atoms with Gasteiger partial charge in [-0.15, -0.1) is 0 Å². The molecule has 0 saturated heterocycles. The maximum Gasteiger partial charge on any atom is 0.279 e. The minimum absolute atomic E-state index is 0.0440. The highest BCUT2D eigenvalue weighted by molar-refractivity contribution is 6.34. The maximum atomic E-state index is 13.4. The first-order chi connectivity index (χ1) is 13.9. The van der Waals surface area contributed by atoms with Gasteiger partial charge in [-0.05, 0) is 23.8 Å². The molecule has 29 heavy (non-hydrogen) atoms. The van der Waals surface area contributed by atoms with Crippen molar-refractivity contribution in [1.29, 1.82) is 0 Å². The van der Waals surface area contributed by atoms with Gasteiger partial charge in [-0.25, -0.2) is 13.8 Å². The number of benzene rings is 2. The second-order valence-corrected chi connectivity index (χ2v) is 6.58. The molecule has 1 aliphatic heterocycles. The Morgan fingerprint density at radius 3 is 2.72 bits per heavy atom. The number of aromatic amines is 1. The maximum absolute atomic E-state index is 13.4. The third-order valence-corrected chi connectivity index (χ3v) is 4.54. The summed E-state index contributed by atoms with van der Waals surface area (Å²) in [7, 11) is 0. The third kappa shape index (κ3) is 3.72. The van der Waals surface area contributed by atoms with Crippen LogP contribution in [0.4, 0.5) is 20.3 Å². The fourth-order valence-electron chi connectivity index (χ4n) is 2.78. The second-order valence-electron chi connectivity index (χ2n) is 6.17. The van der Waals surface area contributed by atoms with E-state index in [-0.39, 0.29) is 22.1 Å². The monoisotopic (exact) mass is 415 g/mol. The number of para-hydroxylation sites is 1. The van der Waals surface area contributed by atoms with Crippen molar-refractivity contribution in [3.8, 4) is 0 Å². The summed E-state index contributed by atoms with van der Waals surface area (Å²) in [6, 6.07) is 10.2. The van der Waals surface area contributed by atoms with E-state index in [2.05, 4.69) is 20.5 Å². The minimum Gasteiger partial charge on any atom is -0.307 e. The lowest BCUT2D eigenvalue weighted by atomic mass is 10.1. The van der Waals surface area contributed by atoms with Crippen LogP contribution in [-0.2, 0) is 6.54 Å². The number of carbonyl (C=O) groups excluding carboxylic acids is 2. The van der Waals surface area contributed by atoms with Crippen molar-refractivity contribution in [3.63, 3.8) is 0 Å². The number of hydrogen-bond donors (Lipinski definition) is 2. The molecule has 146 valence electrons. The number of nitrogens with one attached hydrogen (secondary N) is 2. The number of H-pyrrole nitrogens is 1. The SMILES string of the molecule is O=C(Nc1cc(C(=O)N2C=Nc3ccccc3C2)n[nH]1)c1cc(F)c(F)cc1Cl. The summed E-state index contributed by atoms with van der Waals surface area (Å²) in [5.41, 5.74) is 1.46. The topological polar surface area (TPSA) is 90.4 Å². The Labute approximate surface area is 168 Å². The lowest BCUT2D eigenvalue weighted by Gasteiger charge is -2.21. The molecule has 3 aromatic rings. The molecule has 7 nitrogen and oxygen atoms in total. The second kappa shape index (κ2) is 7.44. The molecule has 2 amide bonds. The number of halogens is 3. The van der Waals surface area contributed by atoms with Crippen LogP contribution in [0, 0.1) is 11.6 Å². The van der Waals surface area contributed by atoms with Gasteiger partial charge in [-0.2, -0.15) is 5.10 Å². The smallest absolute Gasteiger partial charge is 0.279 e. The van der Waals surface area contributed by atoms with Gasteiger partial charge in [0.15, 0.2) is 17.3 Å². The summed E-state index contributed by atoms with van der Waals surface area (Å²) >= 11 is 5.79. The zero-order valence-corrected chi connectivity index (χ0v) is 15.4. The first-order valence-corrected chi connectivity index (χ1v) is 8.74. The number of fused-ring (bicyclic) bond motifs is 1. The molecule has 10 heteroatoms. The lowest BCUT2D eigenvalue weighted by molar-refractivity contribution is 0.0838. The molecule has 0 unspecified atom stereocenters. The molecule has 4 rings (SSSR count). The molecule has 0 aliphatic carbocycles. The van der Waals surface area contributed by atoms with Crippen molar-refractivity contribution < 1.29 is 18.4 Å². The van der Waals surface area contributed by atoms with Crippen LogP contribution in [0.3, 0.4) is 0 Å². The van der Waals surface area contributed by atoms with Gasteiger partial charge in [-0.3, -0.25) is 19.6 Å². The number of aliphatic imine (C=N–C) groups is 1. The van der Waals surface area contributed by atoms with Gasteiger partial charge >= 0.3 is 0 Å². The van der Waals surface area contributed by atoms with E-state index in [4.69, 9.17) is 11.6 Å². The summed E-state index contributed by atoms with van der Waals surface area (Å²) < 4.78 is 26.5. The van der Waals surface area contributed by atoms with Crippen molar-refractivity contribution in [2.24, 2.45) is 4.99 Å². The van der Waals surface area contributed by atoms with E-state index < -0.39 is 23.4 Å². The van der Waals surface area contributed by atoms with Crippen LogP contribution in [0.1, 0.15) is 26.4 Å². The van der Waals surface area contributed by atoms with Crippen LogP contribution < -0.4 is 5.32 Å². The van der Waals surface area contributed by atoms with Crippen molar-refractivity contribution in [1.82, 2.24) is 15.1 Å². The summed E-state index contributed by atoms with van der Waals surface area (Å²) in [5.74, 6) is -3.49. The van der Waals surface area contributed by atoms with Crippen molar-refractivity contribution in [2.75, 3.05) is 5.32 Å². The average molecular weight is 416 g/mol. The van der Waals surface area contributed by atoms with E-state index in [1.807, 2.05) is 24.3 Å². The van der Waals surface area contributed by atoms with Crippen LogP contribution in [0.5, 0.6) is 0 Å². The fourth-order valence-corrected chi connectivity index (χ4v) is 3.02. The third-order valence-electron chi connectivity index (χ3n) is 4.23. The van der Waals surface area contributed by atoms with Crippen molar-refractivity contribution in [2.45, 2.75) is 6.54 Å². The predicted molar refractivity (Wildman–Crippen MR) is 102 cm³/mol. The Bertz CT molecular complexity index is 1160. The number of anilines is 1. The van der Waals surface area contributed by atoms with E-state index in [1.165, 1.54) is 17.3 Å². The number of rotatable bonds is 3. The normalized spacial score (nSPS) is 12.6. The molecule has 0 fully saturated rings. The Morgan fingerprint density at radius 2 is 1.90 bits per heavy atom. The number of carbonyl (C=O) groups is 2. The highest BCUT2D eigenvalue weighted by Gasteiger charge is 2.22. The van der Waals surface area contributed by atoms with Gasteiger partial charge in [-0.1, -0.05) is 29.8 Å². The lowest BCUT2D eigenvalue weighted by Crippen LogP contribution is -2.31. The van der Waals surface area contributed by atoms with Gasteiger partial charge in [0.05, 0.1) is 29.2 Å². The number of aromatic nitrogens is 2. The van der Waals surface area contributed by atoms with E-state index in [0.29, 0.717) is 18.7 Å². The van der Waals surface area contributed by atoms with Crippen LogP contribution in [0.15, 0.2) is 47.5 Å². The largest absolute Gasteiger partial charge is 0.307 e. The average Bonchev–Trinajstić information content (AvgIpc) is 3.18. The Morgan fingerprint density at radius 1 is 1.14 bits per heavy atom. The zero-order chi connectivity index (χ0) is 20.5. The first-order valence-electron chi connectivity index (χ1n) is 8.37. The van der Waals surface area contributed by atoms with Crippen molar-refractivity contribution in [3.05, 3.63) is 75.9 Å². The highest BCUT2D eigenvalue weighted by atomic mass is 35.5. The fraction of sp³-hybridized carbons (Fsp3) is 0.0526. The molecule has 2 N–H and O–H groups in total. The van der Waals surface area contributed by atoms with Gasteiger partial charge in [0.2, 0.25) is 0 Å². The molecule has 0 bridgehead atoms. The zero-order valence-electron chi connectivity index (χ0n) is 14.6. The molecule has 2 heterocycles. The summed E-state index contributed by atoms with van der Waals surface area (Å²) in [6.07, 6.45) is 1.42. The van der Waals surface area contributed by atoms with Gasteiger partial charge in [0.25, 0.3) is 11.8 Å². The van der Waals surface area contributed by atoms with Crippen LogP contribution in [-0.4, -0.2) is 33.3 Å². The number of amides is 2. The Hall–Kier alpha value is -3.59. The molecule has 2 aromatic carbocycles. The van der Waals surface area contributed by atoms with Gasteiger partial charge in [0, 0.05) is 6.07 Å². The molecular formula is C19H12ClF2N5O2. The summed E-state index contributed by atoms with van der Waals surface area (Å²) in [6.45, 7) is 0.331. The molecule has 0 radical (unpaired) electrons. The summed E-state index contributed by atoms with van der Waals surface area (Å²) in [4.78, 5) is 30.5. The molecular weight excluding hydrogens is 404 g/mol. The van der Waals surface area contributed by atoms with E-state index >= 15 is 0 Å². The first kappa shape index (κ1) is 18.8. The molecule has 0 atom stereocenters. The molecule has 0 saturated carbocycles. The Balaban J connectivity index is 1.48. The predicted octanol–water partition coefficient (Wildman–Crippen LogP) is 3.91. The summed E-state index contributed by atoms with van der Waals surface area (Å²) in [5, 5.41) is 8.55. The quantitative estimate of drug-likeness (QED) is 0.635. The van der Waals surface area contributed by atoms with Crippen LogP contribution >= 0.6 is 11.6 Å². The van der Waals surface area contributed by atoms with E-state index in [1.54, 1.807) is 0 Å². The van der Waals surface area contributed by atoms with Gasteiger partial charge in [0.1, 0.15) is 5.82 Å². The molecule has 1 aliphatic rings. The Kier molecular flexibility index (Phi) is 4.81. The van der Waals surface area contributed by atoms with E-state index in [9.17, 15) is 18.4 Å². The molecule has 0 spiro atoms. The van der Waals surface area contributed by atoms with Crippen molar-refractivity contribution >= 4 is 41.3 Å². The van der Waals surface area contributed by atoms with Gasteiger partial charge < -0.3 is 5.32 Å². The standard InChI is InChI=1S/C19H12ClF2N5O2/c20-12-6-14(22)13(21)5-11(12)18(28)24-17-7-16(25-26-17)19(29)27-8-10-3-1-2-4-15(10)23-9-27/h1-7,9H,8H2,(H2,24,25,26,28). The highest BCUT2D eigenvalue weighted by Crippen LogP contribution is 2.25. The number of hydrogen-bond acceptors (Lipinski definition) is 4. The van der Waals surface area contributed by atoms with Crippen LogP contribution in [0.25, 0.3) is 0 Å². The minimum atomic E-state index is -1.20. The van der Waals surface area contributed by atoms with E-state index in [0.717, 1.165) is 11.3 Å². The van der Waals surface area contributed by atoms with Crippen LogP contribution in [0.2, 0.25) is 5.02 Å². The molecule has 1 aromatic heterocycles.